The molecule has 1 aliphatic rings. The Morgan fingerprint density at radius 1 is 1.39 bits per heavy atom. The first kappa shape index (κ1) is 20.4. The van der Waals surface area contributed by atoms with E-state index in [0.29, 0.717) is 10.9 Å². The number of pyridine rings is 1. The lowest BCUT2D eigenvalue weighted by atomic mass is 9.83. The summed E-state index contributed by atoms with van der Waals surface area (Å²) in [5.41, 5.74) is 6.26. The third-order valence-electron chi connectivity index (χ3n) is 5.66. The Kier molecular flexibility index (Phi) is 5.33. The van der Waals surface area contributed by atoms with Gasteiger partial charge in [0.2, 0.25) is 5.88 Å². The van der Waals surface area contributed by atoms with Crippen LogP contribution in [0.25, 0.3) is 10.9 Å². The van der Waals surface area contributed by atoms with Gasteiger partial charge in [-0.2, -0.15) is 10.4 Å². The maximum atomic E-state index is 15.4. The van der Waals surface area contributed by atoms with Crippen LogP contribution in [0.15, 0.2) is 42.6 Å². The lowest BCUT2D eigenvalue weighted by molar-refractivity contribution is 0.0170. The number of nitrogens with two attached hydrogens (primary N) is 1. The predicted molar refractivity (Wildman–Crippen MR) is 110 cm³/mol. The number of amides is 1. The third-order valence-corrected chi connectivity index (χ3v) is 5.66. The number of nitrogens with zero attached hydrogens (tertiary/aromatic N) is 5. The topological polar surface area (TPSA) is 130 Å². The maximum absolute atomic E-state index is 15.4. The molecule has 9 nitrogen and oxygen atoms in total. The zero-order valence-corrected chi connectivity index (χ0v) is 16.6. The van der Waals surface area contributed by atoms with Gasteiger partial charge < -0.3 is 20.5 Å². The van der Waals surface area contributed by atoms with Gasteiger partial charge in [0.1, 0.15) is 23.7 Å². The number of hydrogen-bond acceptors (Lipinski definition) is 6. The first-order valence-corrected chi connectivity index (χ1v) is 9.75. The largest absolute Gasteiger partial charge is 0.472 e. The van der Waals surface area contributed by atoms with E-state index >= 15 is 4.39 Å². The van der Waals surface area contributed by atoms with E-state index in [1.54, 1.807) is 6.07 Å². The molecule has 2 aromatic heterocycles. The number of anilines is 1. The maximum Gasteiger partial charge on any atom is 0.407 e. The van der Waals surface area contributed by atoms with Crippen molar-refractivity contribution in [3.8, 4) is 11.9 Å². The molecule has 10 heteroatoms. The molecule has 0 bridgehead atoms. The number of piperidine rings is 1. The second-order valence-electron chi connectivity index (χ2n) is 7.47. The van der Waals surface area contributed by atoms with Gasteiger partial charge in [0.25, 0.3) is 0 Å². The van der Waals surface area contributed by atoms with Crippen molar-refractivity contribution in [3.63, 3.8) is 0 Å². The van der Waals surface area contributed by atoms with E-state index in [2.05, 4.69) is 10.1 Å². The van der Waals surface area contributed by atoms with E-state index in [-0.39, 0.29) is 44.2 Å². The zero-order chi connectivity index (χ0) is 22.0. The molecule has 31 heavy (non-hydrogen) atoms. The van der Waals surface area contributed by atoms with Gasteiger partial charge in [0, 0.05) is 12.7 Å². The molecule has 0 spiro atoms. The Morgan fingerprint density at radius 2 is 2.16 bits per heavy atom. The average molecular weight is 424 g/mol. The minimum atomic E-state index is -1.64. The first-order chi connectivity index (χ1) is 15.0. The predicted octanol–water partition coefficient (Wildman–Crippen LogP) is 2.92. The van der Waals surface area contributed by atoms with Crippen LogP contribution >= 0.6 is 0 Å². The summed E-state index contributed by atoms with van der Waals surface area (Å²) in [6, 6.07) is 13.2. The van der Waals surface area contributed by atoms with Crippen molar-refractivity contribution in [3.05, 3.63) is 48.2 Å². The van der Waals surface area contributed by atoms with Crippen LogP contribution in [0.2, 0.25) is 0 Å². The highest BCUT2D eigenvalue weighted by Gasteiger charge is 2.48. The van der Waals surface area contributed by atoms with Crippen molar-refractivity contribution in [2.75, 3.05) is 18.8 Å². The van der Waals surface area contributed by atoms with Gasteiger partial charge in [-0.05, 0) is 18.1 Å². The number of halogens is 1. The third kappa shape index (κ3) is 3.59. The minimum absolute atomic E-state index is 0.0845. The van der Waals surface area contributed by atoms with Gasteiger partial charge in [0.15, 0.2) is 5.82 Å². The second-order valence-corrected chi connectivity index (χ2v) is 7.47. The molecule has 1 amide bonds. The lowest BCUT2D eigenvalue weighted by Crippen LogP contribution is -2.56. The number of aromatic nitrogens is 3. The van der Waals surface area contributed by atoms with Crippen LogP contribution in [0.3, 0.4) is 0 Å². The van der Waals surface area contributed by atoms with Crippen LogP contribution in [0.1, 0.15) is 18.4 Å². The number of benzene rings is 1. The molecule has 0 radical (unpaired) electrons. The summed E-state index contributed by atoms with van der Waals surface area (Å²) < 4.78 is 22.7. The first-order valence-electron chi connectivity index (χ1n) is 9.75. The summed E-state index contributed by atoms with van der Waals surface area (Å²) in [7, 11) is 0. The Hall–Kier alpha value is -3.87. The number of hydrogen-bond donors (Lipinski definition) is 2. The SMILES string of the molecule is N#CCC1(n2nc(N)c3c(OCc4ccccc4)nccc32)CCN(C(=O)O)CC1F. The number of alkyl halides is 1. The van der Waals surface area contributed by atoms with Crippen LogP contribution in [-0.4, -0.2) is 50.1 Å². The van der Waals surface area contributed by atoms with Crippen LogP contribution < -0.4 is 10.5 Å². The number of rotatable bonds is 5. The number of nitriles is 1. The quantitative estimate of drug-likeness (QED) is 0.644. The van der Waals surface area contributed by atoms with Gasteiger partial charge in [-0.15, -0.1) is 0 Å². The highest BCUT2D eigenvalue weighted by Crippen LogP contribution is 2.40. The summed E-state index contributed by atoms with van der Waals surface area (Å²) >= 11 is 0. The van der Waals surface area contributed by atoms with Gasteiger partial charge >= 0.3 is 6.09 Å². The van der Waals surface area contributed by atoms with Crippen molar-refractivity contribution < 1.29 is 19.0 Å². The summed E-state index contributed by atoms with van der Waals surface area (Å²) in [4.78, 5) is 16.6. The Labute approximate surface area is 177 Å². The second kappa shape index (κ2) is 8.10. The van der Waals surface area contributed by atoms with Crippen LogP contribution in [0.5, 0.6) is 5.88 Å². The molecule has 2 unspecified atom stereocenters. The molecule has 160 valence electrons. The molecular weight excluding hydrogens is 403 g/mol. The van der Waals surface area contributed by atoms with Gasteiger partial charge in [-0.3, -0.25) is 4.68 Å². The molecule has 3 heterocycles. The van der Waals surface area contributed by atoms with E-state index in [4.69, 9.17) is 10.5 Å². The number of carboxylic acid groups (broad SMARTS) is 1. The molecule has 1 fully saturated rings. The van der Waals surface area contributed by atoms with Gasteiger partial charge in [-0.1, -0.05) is 30.3 Å². The number of nitrogen functional groups attached to an aromatic ring is 1. The van der Waals surface area contributed by atoms with E-state index in [9.17, 15) is 15.2 Å². The molecule has 0 saturated carbocycles. The number of carbonyl (C=O) groups is 1. The Balaban J connectivity index is 1.74. The fourth-order valence-electron chi connectivity index (χ4n) is 4.00. The number of likely N-dealkylation sites (tertiary alicyclic amines) is 1. The minimum Gasteiger partial charge on any atom is -0.472 e. The molecule has 2 atom stereocenters. The van der Waals surface area contributed by atoms with E-state index in [0.717, 1.165) is 10.5 Å². The Morgan fingerprint density at radius 3 is 2.84 bits per heavy atom. The van der Waals surface area contributed by atoms with Crippen molar-refractivity contribution in [1.29, 1.82) is 5.26 Å². The molecule has 1 saturated heterocycles. The molecule has 3 N–H and O–H groups in total. The van der Waals surface area contributed by atoms with Crippen molar-refractivity contribution >= 4 is 22.8 Å². The smallest absolute Gasteiger partial charge is 0.407 e. The molecule has 3 aromatic rings. The lowest BCUT2D eigenvalue weighted by Gasteiger charge is -2.42. The molecule has 1 aliphatic heterocycles. The van der Waals surface area contributed by atoms with E-state index in [1.807, 2.05) is 36.4 Å². The zero-order valence-electron chi connectivity index (χ0n) is 16.6. The normalized spacial score (nSPS) is 21.0. The number of fused-ring (bicyclic) bond motifs is 1. The highest BCUT2D eigenvalue weighted by molar-refractivity contribution is 5.93. The average Bonchev–Trinajstić information content (AvgIpc) is 3.12. The standard InChI is InChI=1S/C21H21FN6O3/c22-16-12-27(20(29)30)11-8-21(16,7-9-23)28-15-6-10-25-19(17(15)18(24)26-28)31-13-14-4-2-1-3-5-14/h1-6,10,16H,7-8,11-13H2,(H2,24,26)(H,29,30). The van der Waals surface area contributed by atoms with Gasteiger partial charge in [0.05, 0.1) is 24.6 Å². The van der Waals surface area contributed by atoms with Crippen molar-refractivity contribution in [2.24, 2.45) is 0 Å². The summed E-state index contributed by atoms with van der Waals surface area (Å²) in [5, 5.41) is 23.4. The molecule has 4 rings (SSSR count). The van der Waals surface area contributed by atoms with Crippen LogP contribution in [0.4, 0.5) is 15.0 Å². The van der Waals surface area contributed by atoms with Crippen LogP contribution in [0, 0.1) is 11.3 Å². The summed E-state index contributed by atoms with van der Waals surface area (Å²) in [5.74, 6) is 0.368. The van der Waals surface area contributed by atoms with E-state index in [1.165, 1.54) is 10.9 Å². The molecular formula is C21H21FN6O3. The van der Waals surface area contributed by atoms with Crippen molar-refractivity contribution in [2.45, 2.75) is 31.2 Å². The van der Waals surface area contributed by atoms with Crippen molar-refractivity contribution in [1.82, 2.24) is 19.7 Å². The molecule has 0 aliphatic carbocycles. The number of ether oxygens (including phenoxy) is 1. The Bertz CT molecular complexity index is 1150. The fourth-order valence-corrected chi connectivity index (χ4v) is 4.00. The highest BCUT2D eigenvalue weighted by atomic mass is 19.1. The monoisotopic (exact) mass is 424 g/mol. The van der Waals surface area contributed by atoms with Gasteiger partial charge in [-0.25, -0.2) is 14.2 Å². The summed E-state index contributed by atoms with van der Waals surface area (Å²) in [6.45, 7) is 0.00206. The summed E-state index contributed by atoms with van der Waals surface area (Å²) in [6.07, 6.45) is -1.41. The van der Waals surface area contributed by atoms with Crippen LogP contribution in [-0.2, 0) is 12.1 Å². The van der Waals surface area contributed by atoms with E-state index < -0.39 is 17.8 Å². The molecule has 1 aromatic carbocycles. The fraction of sp³-hybridized carbons (Fsp3) is 0.333.